The lowest BCUT2D eigenvalue weighted by Crippen LogP contribution is -2.25. The predicted molar refractivity (Wildman–Crippen MR) is 85.1 cm³/mol. The molecule has 1 aliphatic carbocycles. The summed E-state index contributed by atoms with van der Waals surface area (Å²) < 4.78 is 5.75. The molecule has 2 nitrogen and oxygen atoms in total. The van der Waals surface area contributed by atoms with E-state index in [2.05, 4.69) is 38.1 Å². The summed E-state index contributed by atoms with van der Waals surface area (Å²) in [7, 11) is 0. The van der Waals surface area contributed by atoms with Gasteiger partial charge in [-0.2, -0.15) is 0 Å². The van der Waals surface area contributed by atoms with Crippen LogP contribution >= 0.6 is 0 Å². The van der Waals surface area contributed by atoms with Gasteiger partial charge < -0.3 is 10.5 Å². The van der Waals surface area contributed by atoms with E-state index in [0.29, 0.717) is 5.92 Å². The van der Waals surface area contributed by atoms with Gasteiger partial charge in [0.05, 0.1) is 6.61 Å². The van der Waals surface area contributed by atoms with Gasteiger partial charge in [-0.3, -0.25) is 0 Å². The van der Waals surface area contributed by atoms with Crippen LogP contribution in [0.3, 0.4) is 0 Å². The van der Waals surface area contributed by atoms with E-state index in [-0.39, 0.29) is 0 Å². The first kappa shape index (κ1) is 15.4. The molecule has 2 heteroatoms. The highest BCUT2D eigenvalue weighted by Gasteiger charge is 2.26. The van der Waals surface area contributed by atoms with Crippen molar-refractivity contribution in [2.75, 3.05) is 13.2 Å². The summed E-state index contributed by atoms with van der Waals surface area (Å²) in [5.74, 6) is 3.13. The highest BCUT2D eigenvalue weighted by Crippen LogP contribution is 2.38. The van der Waals surface area contributed by atoms with E-state index >= 15 is 0 Å². The predicted octanol–water partition coefficient (Wildman–Crippen LogP) is 4.34. The van der Waals surface area contributed by atoms with Crippen molar-refractivity contribution in [2.45, 2.75) is 51.9 Å². The Morgan fingerprint density at radius 2 is 2.00 bits per heavy atom. The molecule has 20 heavy (non-hydrogen) atoms. The summed E-state index contributed by atoms with van der Waals surface area (Å²) in [4.78, 5) is 0. The zero-order valence-electron chi connectivity index (χ0n) is 13.0. The first-order valence-corrected chi connectivity index (χ1v) is 8.17. The van der Waals surface area contributed by atoms with Crippen LogP contribution in [0, 0.1) is 11.8 Å². The fraction of sp³-hybridized carbons (Fsp3) is 0.667. The lowest BCUT2D eigenvalue weighted by atomic mass is 9.74. The highest BCUT2D eigenvalue weighted by molar-refractivity contribution is 5.31. The van der Waals surface area contributed by atoms with E-state index in [1.807, 2.05) is 0 Å². The van der Waals surface area contributed by atoms with Crippen LogP contribution in [0.5, 0.6) is 5.75 Å². The SMILES string of the molecule is CCCOc1cccc(C(CN)C2CCC(C)CC2)c1. The Morgan fingerprint density at radius 1 is 1.25 bits per heavy atom. The van der Waals surface area contributed by atoms with Crippen LogP contribution in [0.4, 0.5) is 0 Å². The number of rotatable bonds is 6. The molecule has 0 amide bonds. The molecule has 1 saturated carbocycles. The smallest absolute Gasteiger partial charge is 0.119 e. The Balaban J connectivity index is 2.06. The van der Waals surface area contributed by atoms with Gasteiger partial charge in [0.25, 0.3) is 0 Å². The zero-order chi connectivity index (χ0) is 14.4. The summed E-state index contributed by atoms with van der Waals surface area (Å²) in [5.41, 5.74) is 7.44. The van der Waals surface area contributed by atoms with Crippen molar-refractivity contribution in [2.24, 2.45) is 17.6 Å². The molecule has 1 atom stereocenters. The minimum absolute atomic E-state index is 0.493. The molecule has 2 rings (SSSR count). The van der Waals surface area contributed by atoms with Gasteiger partial charge in [0.1, 0.15) is 5.75 Å². The van der Waals surface area contributed by atoms with Gasteiger partial charge in [-0.15, -0.1) is 0 Å². The molecule has 1 aliphatic rings. The Kier molecular flexibility index (Phi) is 5.90. The Hall–Kier alpha value is -1.02. The molecule has 1 fully saturated rings. The van der Waals surface area contributed by atoms with E-state index in [1.165, 1.54) is 31.2 Å². The Morgan fingerprint density at radius 3 is 2.65 bits per heavy atom. The summed E-state index contributed by atoms with van der Waals surface area (Å²) >= 11 is 0. The molecule has 112 valence electrons. The monoisotopic (exact) mass is 275 g/mol. The molecule has 0 spiro atoms. The molecular formula is C18H29NO. The normalized spacial score (nSPS) is 24.4. The molecule has 1 aromatic carbocycles. The fourth-order valence-corrected chi connectivity index (χ4v) is 3.34. The molecule has 0 saturated heterocycles. The largest absolute Gasteiger partial charge is 0.494 e. The van der Waals surface area contributed by atoms with Crippen molar-refractivity contribution in [3.05, 3.63) is 29.8 Å². The average molecular weight is 275 g/mol. The summed E-state index contributed by atoms with van der Waals surface area (Å²) in [6.45, 7) is 6.04. The molecule has 2 N–H and O–H groups in total. The highest BCUT2D eigenvalue weighted by atomic mass is 16.5. The Bertz CT molecular complexity index is 396. The quantitative estimate of drug-likeness (QED) is 0.838. The third kappa shape index (κ3) is 3.99. The number of benzene rings is 1. The maximum absolute atomic E-state index is 6.08. The van der Waals surface area contributed by atoms with Gasteiger partial charge in [0.2, 0.25) is 0 Å². The summed E-state index contributed by atoms with van der Waals surface area (Å²) in [6.07, 6.45) is 6.40. The van der Waals surface area contributed by atoms with Crippen LogP contribution in [0.2, 0.25) is 0 Å². The second-order valence-electron chi connectivity index (χ2n) is 6.28. The van der Waals surface area contributed by atoms with Crippen LogP contribution in [-0.2, 0) is 0 Å². The van der Waals surface area contributed by atoms with Crippen LogP contribution in [0.15, 0.2) is 24.3 Å². The molecule has 0 aliphatic heterocycles. The third-order valence-electron chi connectivity index (χ3n) is 4.64. The van der Waals surface area contributed by atoms with Crippen molar-refractivity contribution in [1.82, 2.24) is 0 Å². The lowest BCUT2D eigenvalue weighted by Gasteiger charge is -2.32. The average Bonchev–Trinajstić information content (AvgIpc) is 2.48. The van der Waals surface area contributed by atoms with E-state index < -0.39 is 0 Å². The van der Waals surface area contributed by atoms with Gasteiger partial charge in [-0.1, -0.05) is 38.8 Å². The first-order chi connectivity index (χ1) is 9.74. The van der Waals surface area contributed by atoms with E-state index in [1.54, 1.807) is 0 Å². The van der Waals surface area contributed by atoms with Gasteiger partial charge in [-0.05, 0) is 61.3 Å². The van der Waals surface area contributed by atoms with Gasteiger partial charge in [0.15, 0.2) is 0 Å². The number of hydrogen-bond acceptors (Lipinski definition) is 2. The Labute approximate surface area is 123 Å². The molecule has 0 aromatic heterocycles. The number of ether oxygens (including phenoxy) is 1. The lowest BCUT2D eigenvalue weighted by molar-refractivity contribution is 0.255. The molecule has 0 radical (unpaired) electrons. The van der Waals surface area contributed by atoms with E-state index in [0.717, 1.165) is 37.2 Å². The van der Waals surface area contributed by atoms with Crippen LogP contribution in [-0.4, -0.2) is 13.2 Å². The van der Waals surface area contributed by atoms with Crippen molar-refractivity contribution in [3.63, 3.8) is 0 Å². The zero-order valence-corrected chi connectivity index (χ0v) is 13.0. The van der Waals surface area contributed by atoms with E-state index in [9.17, 15) is 0 Å². The van der Waals surface area contributed by atoms with Crippen LogP contribution < -0.4 is 10.5 Å². The van der Waals surface area contributed by atoms with Crippen LogP contribution in [0.25, 0.3) is 0 Å². The van der Waals surface area contributed by atoms with Gasteiger partial charge in [-0.25, -0.2) is 0 Å². The summed E-state index contributed by atoms with van der Waals surface area (Å²) in [6, 6.07) is 8.57. The fourth-order valence-electron chi connectivity index (χ4n) is 3.34. The summed E-state index contributed by atoms with van der Waals surface area (Å²) in [5, 5.41) is 0. The maximum atomic E-state index is 6.08. The van der Waals surface area contributed by atoms with E-state index in [4.69, 9.17) is 10.5 Å². The number of hydrogen-bond donors (Lipinski definition) is 1. The van der Waals surface area contributed by atoms with Crippen LogP contribution in [0.1, 0.15) is 57.4 Å². The standard InChI is InChI=1S/C18H29NO/c1-3-11-20-17-6-4-5-16(12-17)18(13-19)15-9-7-14(2)8-10-15/h4-6,12,14-15,18H,3,7-11,13,19H2,1-2H3. The molecule has 1 unspecified atom stereocenters. The molecule has 0 bridgehead atoms. The maximum Gasteiger partial charge on any atom is 0.119 e. The van der Waals surface area contributed by atoms with Crippen molar-refractivity contribution >= 4 is 0 Å². The minimum Gasteiger partial charge on any atom is -0.494 e. The first-order valence-electron chi connectivity index (χ1n) is 8.17. The van der Waals surface area contributed by atoms with Gasteiger partial charge >= 0.3 is 0 Å². The molecule has 1 aromatic rings. The minimum atomic E-state index is 0.493. The van der Waals surface area contributed by atoms with Crippen molar-refractivity contribution < 1.29 is 4.74 Å². The third-order valence-corrected chi connectivity index (χ3v) is 4.64. The second-order valence-corrected chi connectivity index (χ2v) is 6.28. The van der Waals surface area contributed by atoms with Gasteiger partial charge in [0, 0.05) is 0 Å². The second kappa shape index (κ2) is 7.68. The molecule has 0 heterocycles. The molecular weight excluding hydrogens is 246 g/mol. The van der Waals surface area contributed by atoms with Crippen molar-refractivity contribution in [3.8, 4) is 5.75 Å². The topological polar surface area (TPSA) is 35.2 Å². The van der Waals surface area contributed by atoms with Crippen molar-refractivity contribution in [1.29, 1.82) is 0 Å². The number of nitrogens with two attached hydrogens (primary N) is 1.